The molecule has 0 aromatic carbocycles. The first-order valence-corrected chi connectivity index (χ1v) is 5.82. The molecule has 2 aromatic rings. The third-order valence-electron chi connectivity index (χ3n) is 2.90. The molecule has 0 bridgehead atoms. The molecular weight excluding hydrogens is 246 g/mol. The number of aromatic nitrogens is 4. The molecule has 2 rings (SSSR count). The average Bonchev–Trinajstić information content (AvgIpc) is 2.82. The first kappa shape index (κ1) is 13.3. The lowest BCUT2D eigenvalue weighted by Gasteiger charge is -2.17. The van der Waals surface area contributed by atoms with Crippen LogP contribution >= 0.6 is 0 Å². The summed E-state index contributed by atoms with van der Waals surface area (Å²) in [7, 11) is 6.89. The monoisotopic (exact) mass is 263 g/mol. The topological polar surface area (TPSA) is 74.1 Å². The fraction of sp³-hybridized carbons (Fsp3) is 0.417. The summed E-state index contributed by atoms with van der Waals surface area (Å²) in [6.45, 7) is 0. The maximum atomic E-state index is 5.32. The van der Waals surface area contributed by atoms with E-state index in [1.54, 1.807) is 31.2 Å². The highest BCUT2D eigenvalue weighted by atomic mass is 16.5. The van der Waals surface area contributed by atoms with Gasteiger partial charge >= 0.3 is 0 Å². The average molecular weight is 263 g/mol. The van der Waals surface area contributed by atoms with Gasteiger partial charge in [-0.1, -0.05) is 0 Å². The zero-order valence-corrected chi connectivity index (χ0v) is 11.4. The Balaban J connectivity index is 2.40. The molecule has 0 fully saturated rings. The van der Waals surface area contributed by atoms with E-state index in [-0.39, 0.29) is 6.04 Å². The molecule has 0 aliphatic rings. The highest BCUT2D eigenvalue weighted by Crippen LogP contribution is 2.28. The summed E-state index contributed by atoms with van der Waals surface area (Å²) in [6.07, 6.45) is 1.68. The standard InChI is InChI=1S/C12H17N5O2/c1-13-11(8-5-6-10(19-4)16-15-8)12-9(18-3)7-14-17(12)2/h5-7,11,13H,1-4H3. The Labute approximate surface area is 111 Å². The van der Waals surface area contributed by atoms with Crippen LogP contribution < -0.4 is 14.8 Å². The van der Waals surface area contributed by atoms with Crippen molar-refractivity contribution in [3.63, 3.8) is 0 Å². The van der Waals surface area contributed by atoms with E-state index in [2.05, 4.69) is 20.6 Å². The summed E-state index contributed by atoms with van der Waals surface area (Å²) < 4.78 is 12.1. The van der Waals surface area contributed by atoms with Crippen LogP contribution in [-0.2, 0) is 7.05 Å². The molecule has 7 heteroatoms. The molecule has 0 saturated carbocycles. The van der Waals surface area contributed by atoms with Crippen LogP contribution in [0.4, 0.5) is 0 Å². The maximum Gasteiger partial charge on any atom is 0.233 e. The molecule has 102 valence electrons. The molecule has 0 saturated heterocycles. The van der Waals surface area contributed by atoms with E-state index in [1.165, 1.54) is 0 Å². The van der Waals surface area contributed by atoms with Crippen molar-refractivity contribution in [2.75, 3.05) is 21.3 Å². The minimum Gasteiger partial charge on any atom is -0.493 e. The van der Waals surface area contributed by atoms with Crippen LogP contribution in [0.1, 0.15) is 17.4 Å². The largest absolute Gasteiger partial charge is 0.493 e. The molecule has 1 N–H and O–H groups in total. The van der Waals surface area contributed by atoms with Gasteiger partial charge < -0.3 is 14.8 Å². The summed E-state index contributed by atoms with van der Waals surface area (Å²) in [5.74, 6) is 1.19. The highest BCUT2D eigenvalue weighted by molar-refractivity contribution is 5.33. The maximum absolute atomic E-state index is 5.32. The number of hydrogen-bond acceptors (Lipinski definition) is 6. The van der Waals surface area contributed by atoms with Crippen LogP contribution in [0.3, 0.4) is 0 Å². The number of nitrogens with one attached hydrogen (secondary N) is 1. The van der Waals surface area contributed by atoms with E-state index >= 15 is 0 Å². The van der Waals surface area contributed by atoms with Crippen LogP contribution in [-0.4, -0.2) is 41.2 Å². The lowest BCUT2D eigenvalue weighted by molar-refractivity contribution is 0.388. The van der Waals surface area contributed by atoms with E-state index in [1.807, 2.05) is 20.2 Å². The molecule has 2 aromatic heterocycles. The van der Waals surface area contributed by atoms with E-state index < -0.39 is 0 Å². The molecule has 1 atom stereocenters. The second kappa shape index (κ2) is 5.66. The lowest BCUT2D eigenvalue weighted by Crippen LogP contribution is -2.22. The van der Waals surface area contributed by atoms with Gasteiger partial charge in [0.05, 0.1) is 32.2 Å². The predicted molar refractivity (Wildman–Crippen MR) is 69.2 cm³/mol. The Morgan fingerprint density at radius 2 is 2.00 bits per heavy atom. The summed E-state index contributed by atoms with van der Waals surface area (Å²) in [4.78, 5) is 0. The van der Waals surface area contributed by atoms with Gasteiger partial charge in [0.2, 0.25) is 5.88 Å². The first-order valence-electron chi connectivity index (χ1n) is 5.82. The Morgan fingerprint density at radius 3 is 2.53 bits per heavy atom. The lowest BCUT2D eigenvalue weighted by atomic mass is 10.1. The quantitative estimate of drug-likeness (QED) is 0.848. The van der Waals surface area contributed by atoms with Crippen molar-refractivity contribution in [3.8, 4) is 11.6 Å². The number of aryl methyl sites for hydroxylation is 1. The van der Waals surface area contributed by atoms with Crippen molar-refractivity contribution >= 4 is 0 Å². The van der Waals surface area contributed by atoms with Crippen LogP contribution in [0, 0.1) is 0 Å². The van der Waals surface area contributed by atoms with Crippen molar-refractivity contribution in [1.29, 1.82) is 0 Å². The molecule has 0 radical (unpaired) electrons. The highest BCUT2D eigenvalue weighted by Gasteiger charge is 2.22. The van der Waals surface area contributed by atoms with E-state index in [9.17, 15) is 0 Å². The minimum absolute atomic E-state index is 0.152. The van der Waals surface area contributed by atoms with Gasteiger partial charge in [-0.3, -0.25) is 4.68 Å². The number of methoxy groups -OCH3 is 2. The van der Waals surface area contributed by atoms with E-state index in [0.29, 0.717) is 11.6 Å². The van der Waals surface area contributed by atoms with Crippen molar-refractivity contribution in [2.24, 2.45) is 7.05 Å². The second-order valence-electron chi connectivity index (χ2n) is 3.94. The normalized spacial score (nSPS) is 12.2. The Morgan fingerprint density at radius 1 is 1.21 bits per heavy atom. The zero-order chi connectivity index (χ0) is 13.8. The third kappa shape index (κ3) is 2.50. The minimum atomic E-state index is -0.152. The van der Waals surface area contributed by atoms with Crippen molar-refractivity contribution < 1.29 is 9.47 Å². The van der Waals surface area contributed by atoms with Gasteiger partial charge in [-0.05, 0) is 13.1 Å². The Bertz CT molecular complexity index is 538. The van der Waals surface area contributed by atoms with Crippen LogP contribution in [0.15, 0.2) is 18.3 Å². The molecule has 0 amide bonds. The first-order chi connectivity index (χ1) is 9.21. The Kier molecular flexibility index (Phi) is 3.96. The Hall–Kier alpha value is -2.15. The summed E-state index contributed by atoms with van der Waals surface area (Å²) >= 11 is 0. The number of rotatable bonds is 5. The molecule has 0 aliphatic heterocycles. The van der Waals surface area contributed by atoms with E-state index in [4.69, 9.17) is 9.47 Å². The molecule has 0 aliphatic carbocycles. The van der Waals surface area contributed by atoms with Gasteiger partial charge in [0.1, 0.15) is 5.69 Å². The van der Waals surface area contributed by atoms with E-state index in [0.717, 1.165) is 11.4 Å². The number of hydrogen-bond donors (Lipinski definition) is 1. The summed E-state index contributed by atoms with van der Waals surface area (Å²) in [5, 5.41) is 15.5. The molecule has 0 spiro atoms. The van der Waals surface area contributed by atoms with Crippen LogP contribution in [0.2, 0.25) is 0 Å². The molecule has 7 nitrogen and oxygen atoms in total. The molecular formula is C12H17N5O2. The molecule has 1 unspecified atom stereocenters. The molecule has 19 heavy (non-hydrogen) atoms. The van der Waals surface area contributed by atoms with Gasteiger partial charge in [0.25, 0.3) is 0 Å². The van der Waals surface area contributed by atoms with Gasteiger partial charge in [-0.15, -0.1) is 10.2 Å². The van der Waals surface area contributed by atoms with Crippen LogP contribution in [0.25, 0.3) is 0 Å². The summed E-state index contributed by atoms with van der Waals surface area (Å²) in [5.41, 5.74) is 1.66. The predicted octanol–water partition coefficient (Wildman–Crippen LogP) is 0.536. The fourth-order valence-corrected chi connectivity index (χ4v) is 1.93. The third-order valence-corrected chi connectivity index (χ3v) is 2.90. The van der Waals surface area contributed by atoms with Crippen molar-refractivity contribution in [2.45, 2.75) is 6.04 Å². The van der Waals surface area contributed by atoms with Gasteiger partial charge in [-0.2, -0.15) is 5.10 Å². The van der Waals surface area contributed by atoms with Crippen molar-refractivity contribution in [3.05, 3.63) is 29.7 Å². The smallest absolute Gasteiger partial charge is 0.233 e. The fourth-order valence-electron chi connectivity index (χ4n) is 1.93. The van der Waals surface area contributed by atoms with Gasteiger partial charge in [0, 0.05) is 13.1 Å². The van der Waals surface area contributed by atoms with Crippen molar-refractivity contribution in [1.82, 2.24) is 25.3 Å². The number of nitrogens with zero attached hydrogens (tertiary/aromatic N) is 4. The number of ether oxygens (including phenoxy) is 2. The van der Waals surface area contributed by atoms with Crippen LogP contribution in [0.5, 0.6) is 11.6 Å². The SMILES string of the molecule is CNC(c1ccc(OC)nn1)c1c(OC)cnn1C. The van der Waals surface area contributed by atoms with Gasteiger partial charge in [0.15, 0.2) is 5.75 Å². The zero-order valence-electron chi connectivity index (χ0n) is 11.4. The molecule has 2 heterocycles. The second-order valence-corrected chi connectivity index (χ2v) is 3.94. The van der Waals surface area contributed by atoms with Gasteiger partial charge in [-0.25, -0.2) is 0 Å². The summed E-state index contributed by atoms with van der Waals surface area (Å²) in [6, 6.07) is 3.48.